The Balaban J connectivity index is 0.000000707. The molecule has 1 heterocycles. The Hall–Kier alpha value is -2.88. The number of nitrogens with one attached hydrogen (secondary N) is 1. The number of benzene rings is 2. The minimum absolute atomic E-state index is 0.347. The van der Waals surface area contributed by atoms with Gasteiger partial charge in [-0.2, -0.15) is 0 Å². The smallest absolute Gasteiger partial charge is 0.121 e. The van der Waals surface area contributed by atoms with Gasteiger partial charge in [-0.25, -0.2) is 4.98 Å². The first kappa shape index (κ1) is 22.4. The summed E-state index contributed by atoms with van der Waals surface area (Å²) in [7, 11) is 0. The first-order valence-corrected chi connectivity index (χ1v) is 10.6. The number of hydrogen-bond acceptors (Lipinski definition) is 4. The van der Waals surface area contributed by atoms with Crippen LogP contribution in [0.4, 0.5) is 5.69 Å². The van der Waals surface area contributed by atoms with Gasteiger partial charge in [0.2, 0.25) is 0 Å². The second-order valence-electron chi connectivity index (χ2n) is 6.84. The number of hydrogen-bond donors (Lipinski definition) is 3. The molecular weight excluding hydrogens is 358 g/mol. The maximum Gasteiger partial charge on any atom is 0.121 e. The van der Waals surface area contributed by atoms with E-state index >= 15 is 0 Å². The zero-order chi connectivity index (χ0) is 21.7. The van der Waals surface area contributed by atoms with Crippen molar-refractivity contribution in [3.63, 3.8) is 0 Å². The SMILES string of the molecule is CC.CC.Cc1cc(-c2nc3ccc(N)c(C=N)c3c3c2CCC3)cc(C)c1O. The summed E-state index contributed by atoms with van der Waals surface area (Å²) in [6, 6.07) is 7.78. The molecule has 0 saturated heterocycles. The summed E-state index contributed by atoms with van der Waals surface area (Å²) in [4.78, 5) is 4.94. The highest BCUT2D eigenvalue weighted by atomic mass is 16.3. The number of nitrogens with zero attached hydrogens (tertiary/aromatic N) is 1. The van der Waals surface area contributed by atoms with Crippen LogP contribution in [0.1, 0.15) is 61.9 Å². The van der Waals surface area contributed by atoms with E-state index in [-0.39, 0.29) is 0 Å². The Morgan fingerprint density at radius 1 is 1.00 bits per heavy atom. The topological polar surface area (TPSA) is 83.0 Å². The number of fused-ring (bicyclic) bond motifs is 3. The van der Waals surface area contributed by atoms with Crippen LogP contribution in [0.3, 0.4) is 0 Å². The predicted octanol–water partition coefficient (Wildman–Crippen LogP) is 6.35. The van der Waals surface area contributed by atoms with E-state index in [0.717, 1.165) is 58.1 Å². The van der Waals surface area contributed by atoms with E-state index in [9.17, 15) is 5.11 Å². The number of pyridine rings is 1. The molecule has 3 aromatic rings. The van der Waals surface area contributed by atoms with E-state index in [1.807, 2.05) is 65.8 Å². The lowest BCUT2D eigenvalue weighted by molar-refractivity contribution is 0.467. The Labute approximate surface area is 174 Å². The normalized spacial score (nSPS) is 11.8. The lowest BCUT2D eigenvalue weighted by Crippen LogP contribution is -2.01. The summed E-state index contributed by atoms with van der Waals surface area (Å²) >= 11 is 0. The van der Waals surface area contributed by atoms with E-state index in [4.69, 9.17) is 16.1 Å². The van der Waals surface area contributed by atoms with E-state index < -0.39 is 0 Å². The van der Waals surface area contributed by atoms with Crippen molar-refractivity contribution in [3.05, 3.63) is 52.1 Å². The highest BCUT2D eigenvalue weighted by Gasteiger charge is 2.23. The quantitative estimate of drug-likeness (QED) is 0.352. The third-order valence-corrected chi connectivity index (χ3v) is 5.20. The first-order valence-electron chi connectivity index (χ1n) is 10.6. The predicted molar refractivity (Wildman–Crippen MR) is 125 cm³/mol. The number of aromatic hydroxyl groups is 1. The van der Waals surface area contributed by atoms with Crippen LogP contribution in [0.5, 0.6) is 5.75 Å². The minimum atomic E-state index is 0.347. The van der Waals surface area contributed by atoms with Gasteiger partial charge in [0.15, 0.2) is 0 Å². The van der Waals surface area contributed by atoms with Gasteiger partial charge in [0.05, 0.1) is 11.2 Å². The Morgan fingerprint density at radius 3 is 2.17 bits per heavy atom. The molecule has 1 aromatic heterocycles. The molecule has 0 aliphatic heterocycles. The van der Waals surface area contributed by atoms with E-state index in [0.29, 0.717) is 11.4 Å². The number of aryl methyl sites for hydroxylation is 3. The van der Waals surface area contributed by atoms with Gasteiger partial charge in [-0.15, -0.1) is 0 Å². The molecule has 2 aromatic carbocycles. The van der Waals surface area contributed by atoms with Crippen molar-refractivity contribution in [2.45, 2.75) is 60.8 Å². The maximum absolute atomic E-state index is 10.1. The lowest BCUT2D eigenvalue weighted by Gasteiger charge is -2.15. The molecule has 0 bridgehead atoms. The van der Waals surface area contributed by atoms with Crippen LogP contribution in [-0.4, -0.2) is 16.3 Å². The lowest BCUT2D eigenvalue weighted by atomic mass is 9.94. The summed E-state index contributed by atoms with van der Waals surface area (Å²) in [5.74, 6) is 0.347. The summed E-state index contributed by atoms with van der Waals surface area (Å²) in [5, 5.41) is 18.9. The molecule has 1 aliphatic rings. The van der Waals surface area contributed by atoms with Crippen molar-refractivity contribution < 1.29 is 5.11 Å². The molecule has 1 aliphatic carbocycles. The maximum atomic E-state index is 10.1. The molecule has 154 valence electrons. The van der Waals surface area contributed by atoms with Crippen molar-refractivity contribution in [2.75, 3.05) is 5.73 Å². The van der Waals surface area contributed by atoms with Gasteiger partial charge in [0.1, 0.15) is 5.75 Å². The number of rotatable bonds is 2. The van der Waals surface area contributed by atoms with Gasteiger partial charge < -0.3 is 16.2 Å². The molecule has 4 heteroatoms. The van der Waals surface area contributed by atoms with E-state index in [1.165, 1.54) is 17.3 Å². The van der Waals surface area contributed by atoms with Crippen LogP contribution in [-0.2, 0) is 12.8 Å². The highest BCUT2D eigenvalue weighted by molar-refractivity contribution is 6.05. The number of nitrogens with two attached hydrogens (primary N) is 1. The van der Waals surface area contributed by atoms with E-state index in [1.54, 1.807) is 0 Å². The van der Waals surface area contributed by atoms with Crippen molar-refractivity contribution in [1.82, 2.24) is 4.98 Å². The average Bonchev–Trinajstić information content (AvgIpc) is 3.24. The third kappa shape index (κ3) is 3.98. The number of phenolic OH excluding ortho intramolecular Hbond substituents is 1. The molecule has 4 rings (SSSR count). The Bertz CT molecular complexity index is 1020. The van der Waals surface area contributed by atoms with Crippen LogP contribution in [0.25, 0.3) is 22.2 Å². The fraction of sp³-hybridized carbons (Fsp3) is 0.360. The molecule has 0 unspecified atom stereocenters. The second kappa shape index (κ2) is 9.55. The molecule has 0 amide bonds. The summed E-state index contributed by atoms with van der Waals surface area (Å²) < 4.78 is 0. The number of anilines is 1. The van der Waals surface area contributed by atoms with Crippen LogP contribution < -0.4 is 5.73 Å². The average molecular weight is 392 g/mol. The number of phenols is 1. The van der Waals surface area contributed by atoms with E-state index in [2.05, 4.69) is 0 Å². The molecule has 0 saturated carbocycles. The van der Waals surface area contributed by atoms with Crippen LogP contribution >= 0.6 is 0 Å². The third-order valence-electron chi connectivity index (χ3n) is 5.20. The fourth-order valence-electron chi connectivity index (χ4n) is 3.99. The molecule has 29 heavy (non-hydrogen) atoms. The summed E-state index contributed by atoms with van der Waals surface area (Å²) in [6.45, 7) is 11.8. The van der Waals surface area contributed by atoms with Crippen molar-refractivity contribution in [3.8, 4) is 17.0 Å². The first-order chi connectivity index (χ1) is 14.0. The molecule has 0 atom stereocenters. The van der Waals surface area contributed by atoms with Gasteiger partial charge in [-0.3, -0.25) is 0 Å². The zero-order valence-corrected chi connectivity index (χ0v) is 18.5. The monoisotopic (exact) mass is 391 g/mol. The molecule has 0 fully saturated rings. The summed E-state index contributed by atoms with van der Waals surface area (Å²) in [6.07, 6.45) is 4.40. The van der Waals surface area contributed by atoms with Crippen molar-refractivity contribution >= 4 is 22.8 Å². The van der Waals surface area contributed by atoms with Crippen molar-refractivity contribution in [1.29, 1.82) is 5.41 Å². The highest BCUT2D eigenvalue weighted by Crippen LogP contribution is 2.39. The Morgan fingerprint density at radius 2 is 1.59 bits per heavy atom. The van der Waals surface area contributed by atoms with Crippen LogP contribution in [0.15, 0.2) is 24.3 Å². The molecule has 0 radical (unpaired) electrons. The molecule has 4 N–H and O–H groups in total. The van der Waals surface area contributed by atoms with Gasteiger partial charge in [0.25, 0.3) is 0 Å². The van der Waals surface area contributed by atoms with Gasteiger partial charge in [0, 0.05) is 28.4 Å². The van der Waals surface area contributed by atoms with Gasteiger partial charge in [-0.05, 0) is 79.6 Å². The fourth-order valence-corrected chi connectivity index (χ4v) is 3.99. The standard InChI is InChI=1S/C21H21N3O.2C2H6/c1-11-8-13(9-12(2)21(11)25)20-15-5-3-4-14(15)19-16(10-22)17(23)6-7-18(19)24-20;2*1-2/h6-10,22,25H,3-5,23H2,1-2H3;2*1-2H3. The molecule has 0 spiro atoms. The second-order valence-corrected chi connectivity index (χ2v) is 6.84. The number of aromatic nitrogens is 1. The zero-order valence-electron chi connectivity index (χ0n) is 18.5. The Kier molecular flexibility index (Phi) is 7.38. The van der Waals surface area contributed by atoms with Crippen molar-refractivity contribution in [2.24, 2.45) is 0 Å². The minimum Gasteiger partial charge on any atom is -0.507 e. The molecule has 4 nitrogen and oxygen atoms in total. The molecular formula is C25H33N3O. The largest absolute Gasteiger partial charge is 0.507 e. The van der Waals surface area contributed by atoms with Gasteiger partial charge in [-0.1, -0.05) is 27.7 Å². The van der Waals surface area contributed by atoms with Crippen LogP contribution in [0, 0.1) is 19.3 Å². The summed E-state index contributed by atoms with van der Waals surface area (Å²) in [5.41, 5.74) is 14.7. The van der Waals surface area contributed by atoms with Crippen LogP contribution in [0.2, 0.25) is 0 Å². The number of nitrogen functional groups attached to an aromatic ring is 1. The van der Waals surface area contributed by atoms with Gasteiger partial charge >= 0.3 is 0 Å².